The average molecular weight is 404 g/mol. The molecule has 1 N–H and O–H groups in total. The molecule has 0 saturated heterocycles. The highest BCUT2D eigenvalue weighted by molar-refractivity contribution is 9.10. The number of carbonyl (C=O) groups is 1. The quantitative estimate of drug-likeness (QED) is 0.762. The second-order valence-electron chi connectivity index (χ2n) is 4.66. The van der Waals surface area contributed by atoms with Crippen LogP contribution in [0, 0.1) is 5.82 Å². The molecule has 4 nitrogen and oxygen atoms in total. The van der Waals surface area contributed by atoms with Crippen molar-refractivity contribution in [2.75, 3.05) is 6.61 Å². The van der Waals surface area contributed by atoms with Gasteiger partial charge in [0.2, 0.25) is 0 Å². The second-order valence-corrected chi connectivity index (χ2v) is 5.58. The maximum absolute atomic E-state index is 13.5. The Hall–Kier alpha value is -2.22. The molecule has 8 heteroatoms. The van der Waals surface area contributed by atoms with Crippen LogP contribution in [0.1, 0.15) is 5.56 Å². The molecule has 1 amide bonds. The van der Waals surface area contributed by atoms with E-state index in [0.29, 0.717) is 10.0 Å². The summed E-state index contributed by atoms with van der Waals surface area (Å²) < 4.78 is 47.5. The minimum Gasteiger partial charge on any atom is -0.481 e. The van der Waals surface area contributed by atoms with E-state index in [1.165, 1.54) is 24.3 Å². The van der Waals surface area contributed by atoms with E-state index in [0.717, 1.165) is 0 Å². The van der Waals surface area contributed by atoms with E-state index in [2.05, 4.69) is 26.0 Å². The van der Waals surface area contributed by atoms with Gasteiger partial charge in [-0.1, -0.05) is 28.1 Å². The molecule has 0 aliphatic rings. The van der Waals surface area contributed by atoms with Crippen LogP contribution < -0.4 is 14.8 Å². The number of halogens is 4. The van der Waals surface area contributed by atoms with Crippen molar-refractivity contribution < 1.29 is 27.4 Å². The van der Waals surface area contributed by atoms with Gasteiger partial charge >= 0.3 is 6.61 Å². The normalized spacial score (nSPS) is 10.5. The van der Waals surface area contributed by atoms with Gasteiger partial charge in [0.05, 0.1) is 0 Å². The molecule has 24 heavy (non-hydrogen) atoms. The van der Waals surface area contributed by atoms with Crippen LogP contribution in [-0.2, 0) is 11.3 Å². The third-order valence-electron chi connectivity index (χ3n) is 2.89. The van der Waals surface area contributed by atoms with Crippen molar-refractivity contribution in [2.45, 2.75) is 13.2 Å². The van der Waals surface area contributed by atoms with Gasteiger partial charge in [-0.2, -0.15) is 8.78 Å². The van der Waals surface area contributed by atoms with Gasteiger partial charge in [-0.05, 0) is 35.9 Å². The van der Waals surface area contributed by atoms with Crippen molar-refractivity contribution in [1.29, 1.82) is 0 Å². The average Bonchev–Trinajstić information content (AvgIpc) is 2.53. The Morgan fingerprint density at radius 3 is 2.50 bits per heavy atom. The predicted molar refractivity (Wildman–Crippen MR) is 84.5 cm³/mol. The lowest BCUT2D eigenvalue weighted by Gasteiger charge is -2.09. The van der Waals surface area contributed by atoms with Gasteiger partial charge in [0.15, 0.2) is 18.2 Å². The number of benzene rings is 2. The molecule has 0 unspecified atom stereocenters. The summed E-state index contributed by atoms with van der Waals surface area (Å²) in [5.41, 5.74) is 0.694. The molecule has 0 atom stereocenters. The van der Waals surface area contributed by atoms with Gasteiger partial charge < -0.3 is 14.8 Å². The molecule has 0 aliphatic heterocycles. The van der Waals surface area contributed by atoms with Gasteiger partial charge in [-0.15, -0.1) is 0 Å². The molecular weight excluding hydrogens is 391 g/mol. The minimum atomic E-state index is -2.88. The molecule has 0 heterocycles. The van der Waals surface area contributed by atoms with Crippen LogP contribution in [0.25, 0.3) is 0 Å². The van der Waals surface area contributed by atoms with Crippen LogP contribution in [0.15, 0.2) is 46.9 Å². The third-order valence-corrected chi connectivity index (χ3v) is 3.38. The maximum atomic E-state index is 13.5. The summed E-state index contributed by atoms with van der Waals surface area (Å²) in [7, 11) is 0. The summed E-state index contributed by atoms with van der Waals surface area (Å²) in [5, 5.41) is 2.58. The number of alkyl halides is 2. The summed E-state index contributed by atoms with van der Waals surface area (Å²) in [4.78, 5) is 11.7. The summed E-state index contributed by atoms with van der Waals surface area (Å²) >= 11 is 3.12. The van der Waals surface area contributed by atoms with Crippen LogP contribution in [0.2, 0.25) is 0 Å². The Balaban J connectivity index is 1.78. The zero-order valence-corrected chi connectivity index (χ0v) is 13.9. The first-order chi connectivity index (χ1) is 11.4. The molecule has 0 radical (unpaired) electrons. The Morgan fingerprint density at radius 2 is 1.88 bits per heavy atom. The van der Waals surface area contributed by atoms with Crippen molar-refractivity contribution in [2.24, 2.45) is 0 Å². The van der Waals surface area contributed by atoms with Crippen molar-refractivity contribution in [3.05, 3.63) is 58.3 Å². The fourth-order valence-electron chi connectivity index (χ4n) is 1.78. The molecule has 0 saturated carbocycles. The van der Waals surface area contributed by atoms with E-state index >= 15 is 0 Å². The van der Waals surface area contributed by atoms with E-state index in [1.54, 1.807) is 18.2 Å². The molecule has 0 bridgehead atoms. The molecule has 2 aromatic carbocycles. The molecule has 2 aromatic rings. The van der Waals surface area contributed by atoms with Gasteiger partial charge in [0, 0.05) is 11.0 Å². The summed E-state index contributed by atoms with van der Waals surface area (Å²) in [6.45, 7) is -3.04. The number of hydrogen-bond donors (Lipinski definition) is 1. The molecule has 0 aliphatic carbocycles. The molecule has 0 fully saturated rings. The summed E-state index contributed by atoms with van der Waals surface area (Å²) in [5.74, 6) is -1.01. The smallest absolute Gasteiger partial charge is 0.387 e. The van der Waals surface area contributed by atoms with Gasteiger partial charge in [0.1, 0.15) is 5.75 Å². The molecular formula is C16H13BrF3NO3. The van der Waals surface area contributed by atoms with Crippen LogP contribution in [-0.4, -0.2) is 19.1 Å². The first-order valence-corrected chi connectivity index (χ1v) is 7.61. The topological polar surface area (TPSA) is 47.6 Å². The van der Waals surface area contributed by atoms with E-state index < -0.39 is 18.3 Å². The first kappa shape index (κ1) is 18.1. The molecule has 0 aromatic heterocycles. The molecule has 2 rings (SSSR count). The number of nitrogens with one attached hydrogen (secondary N) is 1. The summed E-state index contributed by atoms with van der Waals surface area (Å²) in [6.07, 6.45) is 0. The lowest BCUT2D eigenvalue weighted by atomic mass is 10.2. The summed E-state index contributed by atoms with van der Waals surface area (Å²) in [6, 6.07) is 10.1. The fourth-order valence-corrected chi connectivity index (χ4v) is 2.11. The Morgan fingerprint density at radius 1 is 1.17 bits per heavy atom. The zero-order chi connectivity index (χ0) is 17.5. The predicted octanol–water partition coefficient (Wildman–Crippen LogP) is 3.88. The number of ether oxygens (including phenoxy) is 2. The first-order valence-electron chi connectivity index (χ1n) is 6.82. The van der Waals surface area contributed by atoms with Gasteiger partial charge in [-0.3, -0.25) is 4.79 Å². The van der Waals surface area contributed by atoms with Crippen LogP contribution in [0.5, 0.6) is 11.5 Å². The van der Waals surface area contributed by atoms with Crippen molar-refractivity contribution in [3.8, 4) is 11.5 Å². The monoisotopic (exact) mass is 403 g/mol. The van der Waals surface area contributed by atoms with Crippen LogP contribution in [0.4, 0.5) is 13.2 Å². The Labute approximate surface area is 144 Å². The van der Waals surface area contributed by atoms with Crippen LogP contribution in [0.3, 0.4) is 0 Å². The standard InChI is InChI=1S/C16H13BrF3NO3/c17-11-3-6-14(13(18)7-11)23-9-15(22)21-8-10-1-4-12(5-2-10)24-16(19)20/h1-7,16H,8-9H2,(H,21,22). The van der Waals surface area contributed by atoms with E-state index in [1.807, 2.05) is 0 Å². The number of carbonyl (C=O) groups excluding carboxylic acids is 1. The highest BCUT2D eigenvalue weighted by atomic mass is 79.9. The Kier molecular flexibility index (Phi) is 6.48. The molecule has 128 valence electrons. The second kappa shape index (κ2) is 8.58. The highest BCUT2D eigenvalue weighted by Gasteiger charge is 2.08. The number of hydrogen-bond acceptors (Lipinski definition) is 3. The Bertz CT molecular complexity index is 695. The van der Waals surface area contributed by atoms with Crippen molar-refractivity contribution >= 4 is 21.8 Å². The minimum absolute atomic E-state index is 0.0261. The van der Waals surface area contributed by atoms with Crippen molar-refractivity contribution in [3.63, 3.8) is 0 Å². The van der Waals surface area contributed by atoms with Gasteiger partial charge in [0.25, 0.3) is 5.91 Å². The maximum Gasteiger partial charge on any atom is 0.387 e. The van der Waals surface area contributed by atoms with Crippen LogP contribution >= 0.6 is 15.9 Å². The van der Waals surface area contributed by atoms with Crippen molar-refractivity contribution in [1.82, 2.24) is 5.32 Å². The SMILES string of the molecule is O=C(COc1ccc(Br)cc1F)NCc1ccc(OC(F)F)cc1. The van der Waals surface area contributed by atoms with E-state index in [4.69, 9.17) is 4.74 Å². The third kappa shape index (κ3) is 5.77. The van der Waals surface area contributed by atoms with E-state index in [9.17, 15) is 18.0 Å². The van der Waals surface area contributed by atoms with E-state index in [-0.39, 0.29) is 24.7 Å². The lowest BCUT2D eigenvalue weighted by Crippen LogP contribution is -2.28. The number of amides is 1. The lowest BCUT2D eigenvalue weighted by molar-refractivity contribution is -0.123. The number of rotatable bonds is 7. The zero-order valence-electron chi connectivity index (χ0n) is 12.3. The largest absolute Gasteiger partial charge is 0.481 e. The van der Waals surface area contributed by atoms with Gasteiger partial charge in [-0.25, -0.2) is 4.39 Å². The fraction of sp³-hybridized carbons (Fsp3) is 0.188. The highest BCUT2D eigenvalue weighted by Crippen LogP contribution is 2.21. The molecule has 0 spiro atoms.